The van der Waals surface area contributed by atoms with Crippen LogP contribution >= 0.6 is 0 Å². The highest BCUT2D eigenvalue weighted by molar-refractivity contribution is 6.27. The number of anilines is 6. The molecule has 4 nitrogen and oxygen atoms in total. The second-order valence-corrected chi connectivity index (χ2v) is 13.2. The Morgan fingerprint density at radius 1 is 0.340 bits per heavy atom. The zero-order valence-corrected chi connectivity index (χ0v) is 26.8. The first-order valence-electron chi connectivity index (χ1n) is 16.9. The van der Waals surface area contributed by atoms with Crippen molar-refractivity contribution in [2.45, 2.75) is 0 Å². The molecule has 4 heteroatoms. The van der Waals surface area contributed by atoms with E-state index < -0.39 is 0 Å². The van der Waals surface area contributed by atoms with Gasteiger partial charge in [0.1, 0.15) is 11.5 Å². The van der Waals surface area contributed by atoms with Crippen LogP contribution in [0, 0.1) is 0 Å². The van der Waals surface area contributed by atoms with Crippen LogP contribution in [0.3, 0.4) is 0 Å². The molecule has 13 rings (SSSR count). The molecule has 0 amide bonds. The van der Waals surface area contributed by atoms with Crippen molar-refractivity contribution in [3.8, 4) is 33.8 Å². The second-order valence-electron chi connectivity index (χ2n) is 13.2. The zero-order chi connectivity index (χ0) is 33.1. The summed E-state index contributed by atoms with van der Waals surface area (Å²) in [7, 11) is 0. The lowest BCUT2D eigenvalue weighted by atomic mass is 9.86. The lowest BCUT2D eigenvalue weighted by Crippen LogP contribution is -2.22. The monoisotopic (exact) mass is 640 g/mol. The molecule has 0 fully saturated rings. The fourth-order valence-corrected chi connectivity index (χ4v) is 8.46. The first-order chi connectivity index (χ1) is 24.7. The van der Waals surface area contributed by atoms with E-state index in [4.69, 9.17) is 0 Å². The zero-order valence-electron chi connectivity index (χ0n) is 26.8. The molecule has 0 aromatic heterocycles. The molecule has 0 radical (unpaired) electrons. The predicted octanol–water partition coefficient (Wildman–Crippen LogP) is 12.6. The number of hydrogen-bond donors (Lipinski definition) is 2. The molecular formula is C46H28N2O2. The topological polar surface area (TPSA) is 46.9 Å². The molecule has 50 heavy (non-hydrogen) atoms. The third-order valence-corrected chi connectivity index (χ3v) is 10.6. The van der Waals surface area contributed by atoms with Gasteiger partial charge in [0, 0.05) is 55.0 Å². The Labute approximate surface area is 287 Å². The number of benzene rings is 9. The molecular weight excluding hydrogens is 613 g/mol. The van der Waals surface area contributed by atoms with E-state index in [1.54, 1.807) is 0 Å². The minimum Gasteiger partial charge on any atom is -0.507 e. The molecule has 0 aliphatic carbocycles. The first kappa shape index (κ1) is 27.2. The van der Waals surface area contributed by atoms with Crippen molar-refractivity contribution in [2.75, 3.05) is 9.80 Å². The Balaban J connectivity index is 1.46. The van der Waals surface area contributed by atoms with Gasteiger partial charge in [-0.2, -0.15) is 0 Å². The van der Waals surface area contributed by atoms with Crippen molar-refractivity contribution < 1.29 is 10.2 Å². The van der Waals surface area contributed by atoms with E-state index in [-0.39, 0.29) is 11.5 Å². The molecule has 9 aromatic carbocycles. The normalized spacial score (nSPS) is 12.9. The highest BCUT2D eigenvalue weighted by atomic mass is 16.3. The fourth-order valence-electron chi connectivity index (χ4n) is 8.46. The van der Waals surface area contributed by atoms with Gasteiger partial charge in [0.2, 0.25) is 0 Å². The third-order valence-electron chi connectivity index (χ3n) is 10.6. The third kappa shape index (κ3) is 3.49. The van der Waals surface area contributed by atoms with Crippen molar-refractivity contribution in [1.82, 2.24) is 0 Å². The number of para-hydroxylation sites is 2. The van der Waals surface area contributed by atoms with Crippen LogP contribution in [0.25, 0.3) is 65.3 Å². The summed E-state index contributed by atoms with van der Waals surface area (Å²) in [5.74, 6) is 0.312. The Bertz CT molecular complexity index is 2900. The highest BCUT2D eigenvalue weighted by Gasteiger charge is 2.38. The van der Waals surface area contributed by atoms with Gasteiger partial charge in [-0.05, 0) is 58.8 Å². The maximum absolute atomic E-state index is 12.5. The molecule has 0 spiro atoms. The maximum Gasteiger partial charge on any atom is 0.133 e. The molecule has 4 aliphatic rings. The van der Waals surface area contributed by atoms with Gasteiger partial charge in [-0.3, -0.25) is 0 Å². The van der Waals surface area contributed by atoms with Gasteiger partial charge >= 0.3 is 0 Å². The minimum atomic E-state index is 0.149. The van der Waals surface area contributed by atoms with E-state index in [0.29, 0.717) is 21.5 Å². The van der Waals surface area contributed by atoms with Crippen molar-refractivity contribution in [2.24, 2.45) is 0 Å². The number of aromatic hydroxyl groups is 2. The molecule has 0 atom stereocenters. The number of rotatable bonds is 2. The predicted molar refractivity (Wildman–Crippen MR) is 207 cm³/mol. The molecule has 2 N–H and O–H groups in total. The second kappa shape index (κ2) is 9.88. The van der Waals surface area contributed by atoms with Gasteiger partial charge in [0.25, 0.3) is 0 Å². The average molecular weight is 641 g/mol. The average Bonchev–Trinajstić information content (AvgIpc) is 3.20. The summed E-state index contributed by atoms with van der Waals surface area (Å²) in [5, 5.41) is 31.7. The summed E-state index contributed by atoms with van der Waals surface area (Å²) in [6.45, 7) is 0. The molecule has 8 bridgehead atoms. The van der Waals surface area contributed by atoms with Crippen LogP contribution in [0.5, 0.6) is 11.5 Å². The van der Waals surface area contributed by atoms with Crippen LogP contribution in [0.2, 0.25) is 0 Å². The highest BCUT2D eigenvalue weighted by Crippen LogP contribution is 2.64. The number of hydrogen-bond acceptors (Lipinski definition) is 4. The van der Waals surface area contributed by atoms with Crippen LogP contribution in [-0.2, 0) is 0 Å². The number of fused-ring (bicyclic) bond motifs is 5. The van der Waals surface area contributed by atoms with E-state index in [0.717, 1.165) is 77.9 Å². The van der Waals surface area contributed by atoms with Gasteiger partial charge < -0.3 is 20.0 Å². The molecule has 0 saturated heterocycles. The lowest BCUT2D eigenvalue weighted by molar-refractivity contribution is 0.478. The summed E-state index contributed by atoms with van der Waals surface area (Å²) in [5.41, 5.74) is 9.79. The van der Waals surface area contributed by atoms with Gasteiger partial charge in [-0.1, -0.05) is 115 Å². The molecule has 0 unspecified atom stereocenters. The molecule has 234 valence electrons. The van der Waals surface area contributed by atoms with Gasteiger partial charge in [0.05, 0.1) is 28.1 Å². The Morgan fingerprint density at radius 2 is 0.900 bits per heavy atom. The van der Waals surface area contributed by atoms with E-state index in [2.05, 4.69) is 143 Å². The standard InChI is InChI=1S/C46H28N2O2/c49-45-38-25-29-21-24-36(38)46(50)40-39(45)26-37-35-23-20-28-12-8-10-18-33(28)42(35)48(31-15-5-2-6-16-31)44(40)43(37)47(30-13-3-1-4-14-30)41-32-17-9-7-11-27(32)19-22-34(29)41/h1-26,49-50H. The number of phenols is 2. The van der Waals surface area contributed by atoms with Crippen molar-refractivity contribution >= 4 is 77.2 Å². The summed E-state index contributed by atoms with van der Waals surface area (Å²) in [6.07, 6.45) is 0. The van der Waals surface area contributed by atoms with Crippen molar-refractivity contribution in [3.63, 3.8) is 0 Å². The number of phenolic OH excluding ortho intramolecular Hbond substituents is 2. The minimum absolute atomic E-state index is 0.149. The van der Waals surface area contributed by atoms with Crippen molar-refractivity contribution in [1.29, 1.82) is 0 Å². The Morgan fingerprint density at radius 3 is 1.56 bits per heavy atom. The summed E-state index contributed by atoms with van der Waals surface area (Å²) < 4.78 is 0. The first-order valence-corrected chi connectivity index (χ1v) is 16.9. The van der Waals surface area contributed by atoms with Gasteiger partial charge in [-0.25, -0.2) is 0 Å². The quantitative estimate of drug-likeness (QED) is 0.146. The molecule has 4 heterocycles. The molecule has 9 aromatic rings. The van der Waals surface area contributed by atoms with E-state index in [9.17, 15) is 10.2 Å². The van der Waals surface area contributed by atoms with Crippen LogP contribution in [-0.4, -0.2) is 10.2 Å². The van der Waals surface area contributed by atoms with E-state index in [1.165, 1.54) is 0 Å². The van der Waals surface area contributed by atoms with Crippen molar-refractivity contribution in [3.05, 3.63) is 158 Å². The van der Waals surface area contributed by atoms with Crippen LogP contribution in [0.15, 0.2) is 158 Å². The van der Waals surface area contributed by atoms with Crippen LogP contribution < -0.4 is 9.80 Å². The van der Waals surface area contributed by atoms with E-state index in [1.807, 2.05) is 24.3 Å². The lowest BCUT2D eigenvalue weighted by Gasteiger charge is -2.41. The molecule has 0 saturated carbocycles. The maximum atomic E-state index is 12.5. The Kier molecular flexibility index (Phi) is 5.37. The Hall–Kier alpha value is -6.78. The smallest absolute Gasteiger partial charge is 0.133 e. The SMILES string of the molecule is Oc1c2cc3ccc2c(O)c2c4c(c(cc12)-c1ccc2ccccc2c1N4c1ccccc1)N(c1ccccc1)c1c-3ccc2ccccc12. The van der Waals surface area contributed by atoms with Gasteiger partial charge in [0.15, 0.2) is 0 Å². The largest absolute Gasteiger partial charge is 0.507 e. The summed E-state index contributed by atoms with van der Waals surface area (Å²) in [6, 6.07) is 54.8. The van der Waals surface area contributed by atoms with Crippen LogP contribution in [0.1, 0.15) is 0 Å². The number of nitrogens with zero attached hydrogens (tertiary/aromatic N) is 2. The fraction of sp³-hybridized carbons (Fsp3) is 0. The van der Waals surface area contributed by atoms with Crippen LogP contribution in [0.4, 0.5) is 34.1 Å². The molecule has 4 aliphatic heterocycles. The van der Waals surface area contributed by atoms with E-state index >= 15 is 0 Å². The summed E-state index contributed by atoms with van der Waals surface area (Å²) >= 11 is 0. The van der Waals surface area contributed by atoms with Gasteiger partial charge in [-0.15, -0.1) is 0 Å². The summed E-state index contributed by atoms with van der Waals surface area (Å²) in [4.78, 5) is 4.69.